The van der Waals surface area contributed by atoms with E-state index in [0.717, 1.165) is 25.2 Å². The van der Waals surface area contributed by atoms with E-state index in [4.69, 9.17) is 15.3 Å². The van der Waals surface area contributed by atoms with E-state index in [1.807, 2.05) is 12.1 Å². The molecule has 7 atom stereocenters. The number of hydrogen-bond donors (Lipinski definition) is 5. The van der Waals surface area contributed by atoms with Crippen LogP contribution in [0.3, 0.4) is 0 Å². The van der Waals surface area contributed by atoms with Crippen LogP contribution in [0.15, 0.2) is 18.2 Å². The Balaban J connectivity index is 0.000000229. The fraction of sp³-hybridized carbons (Fsp3) is 0.714. The minimum atomic E-state index is -2.09. The number of phenolic OH excluding ortho intramolecular Hbond substituents is 1. The van der Waals surface area contributed by atoms with E-state index in [1.165, 1.54) is 30.4 Å². The zero-order valence-electron chi connectivity index (χ0n) is 16.6. The molecular formula is C21H31NO7. The summed E-state index contributed by atoms with van der Waals surface area (Å²) in [5, 5.41) is 54.3. The van der Waals surface area contributed by atoms with Crippen molar-refractivity contribution in [2.45, 2.75) is 69.8 Å². The van der Waals surface area contributed by atoms with Crippen molar-refractivity contribution in [1.82, 2.24) is 0 Å². The van der Waals surface area contributed by atoms with Crippen molar-refractivity contribution >= 4 is 0 Å². The van der Waals surface area contributed by atoms with Gasteiger partial charge >= 0.3 is 6.23 Å². The van der Waals surface area contributed by atoms with Gasteiger partial charge in [-0.05, 0) is 85.0 Å². The fourth-order valence-corrected chi connectivity index (χ4v) is 5.78. The van der Waals surface area contributed by atoms with Crippen molar-refractivity contribution in [2.24, 2.45) is 17.3 Å². The molecule has 29 heavy (non-hydrogen) atoms. The van der Waals surface area contributed by atoms with Gasteiger partial charge in [0.1, 0.15) is 5.75 Å². The molecule has 2 saturated carbocycles. The minimum Gasteiger partial charge on any atom is -0.508 e. The molecule has 2 unspecified atom stereocenters. The summed E-state index contributed by atoms with van der Waals surface area (Å²) in [5.74, 6) is 2.49. The molecule has 0 heterocycles. The van der Waals surface area contributed by atoms with Gasteiger partial charge < -0.3 is 25.5 Å². The third-order valence-electron chi connectivity index (χ3n) is 7.41. The second kappa shape index (κ2) is 8.55. The van der Waals surface area contributed by atoms with Crippen molar-refractivity contribution < 1.29 is 30.5 Å². The number of nitrogens with zero attached hydrogens (tertiary/aromatic N) is 1. The lowest BCUT2D eigenvalue weighted by molar-refractivity contribution is -0.583. The van der Waals surface area contributed by atoms with Gasteiger partial charge in [-0.25, -0.2) is 0 Å². The van der Waals surface area contributed by atoms with Crippen molar-refractivity contribution in [3.63, 3.8) is 0 Å². The molecule has 3 aliphatic carbocycles. The number of phenols is 1. The zero-order valence-corrected chi connectivity index (χ0v) is 16.6. The standard InChI is InChI=1S/C18H24O2.C3H7NO5/c1-18-9-8-14-13-5-3-12(19)10-11(13)2-4-15(14)16(18)6-7-17(18)20;5-1-2(6)3(7)4(8)9/h3,5,10,14-17,19-20H,2,4,6-9H2,1H3;2-3,5-7H,1H2/t14-,15-,16+,17+,18+;/m1./s1. The number of fused-ring (bicyclic) bond motifs is 5. The highest BCUT2D eigenvalue weighted by molar-refractivity contribution is 5.40. The van der Waals surface area contributed by atoms with Gasteiger partial charge in [-0.3, -0.25) is 10.1 Å². The Labute approximate surface area is 170 Å². The second-order valence-electron chi connectivity index (χ2n) is 8.89. The van der Waals surface area contributed by atoms with Gasteiger partial charge in [0.05, 0.1) is 17.6 Å². The molecule has 0 aliphatic heterocycles. The van der Waals surface area contributed by atoms with Crippen LogP contribution in [-0.2, 0) is 6.42 Å². The number of rotatable bonds is 3. The van der Waals surface area contributed by atoms with E-state index < -0.39 is 23.9 Å². The van der Waals surface area contributed by atoms with Gasteiger partial charge in [-0.1, -0.05) is 13.0 Å². The molecule has 1 aromatic carbocycles. The highest BCUT2D eigenvalue weighted by atomic mass is 16.7. The van der Waals surface area contributed by atoms with Gasteiger partial charge in [0, 0.05) is 0 Å². The molecule has 0 saturated heterocycles. The summed E-state index contributed by atoms with van der Waals surface area (Å²) in [5.41, 5.74) is 2.99. The van der Waals surface area contributed by atoms with Crippen LogP contribution in [0.5, 0.6) is 5.75 Å². The van der Waals surface area contributed by atoms with Crippen LogP contribution < -0.4 is 0 Å². The molecule has 0 bridgehead atoms. The van der Waals surface area contributed by atoms with E-state index >= 15 is 0 Å². The van der Waals surface area contributed by atoms with E-state index in [-0.39, 0.29) is 11.5 Å². The molecular weight excluding hydrogens is 378 g/mol. The average molecular weight is 409 g/mol. The Morgan fingerprint density at radius 1 is 1.24 bits per heavy atom. The first-order chi connectivity index (χ1) is 13.7. The third kappa shape index (κ3) is 4.12. The van der Waals surface area contributed by atoms with Crippen molar-refractivity contribution in [2.75, 3.05) is 6.61 Å². The maximum atomic E-state index is 10.4. The van der Waals surface area contributed by atoms with Crippen LogP contribution in [0.2, 0.25) is 0 Å². The molecule has 0 radical (unpaired) electrons. The Kier molecular flexibility index (Phi) is 6.48. The SMILES string of the molecule is C[C@]12CC[C@@H]3c4ccc(O)cc4CC[C@H]3[C@@H]1CC[C@@H]2O.O=[N+]([O-])C(O)C(O)CO. The Morgan fingerprint density at radius 3 is 2.59 bits per heavy atom. The van der Waals surface area contributed by atoms with Crippen LogP contribution in [-0.4, -0.2) is 55.5 Å². The monoisotopic (exact) mass is 409 g/mol. The van der Waals surface area contributed by atoms with Gasteiger partial charge in [0.2, 0.25) is 0 Å². The average Bonchev–Trinajstić information content (AvgIpc) is 3.01. The van der Waals surface area contributed by atoms with Crippen LogP contribution in [0.25, 0.3) is 0 Å². The van der Waals surface area contributed by atoms with Crippen molar-refractivity contribution in [3.05, 3.63) is 39.4 Å². The molecule has 4 rings (SSSR count). The quantitative estimate of drug-likeness (QED) is 0.289. The molecule has 3 aliphatic rings. The van der Waals surface area contributed by atoms with Gasteiger partial charge in [0.15, 0.2) is 6.10 Å². The van der Waals surface area contributed by atoms with Crippen LogP contribution >= 0.6 is 0 Å². The number of hydrogen-bond acceptors (Lipinski definition) is 7. The summed E-state index contributed by atoms with van der Waals surface area (Å²) in [6, 6.07) is 5.96. The largest absolute Gasteiger partial charge is 0.508 e. The molecule has 8 heteroatoms. The van der Waals surface area contributed by atoms with Crippen LogP contribution in [0.1, 0.15) is 56.1 Å². The predicted molar refractivity (Wildman–Crippen MR) is 105 cm³/mol. The number of aromatic hydroxyl groups is 1. The van der Waals surface area contributed by atoms with Crippen LogP contribution in [0, 0.1) is 27.4 Å². The molecule has 162 valence electrons. The summed E-state index contributed by atoms with van der Waals surface area (Å²) in [7, 11) is 0. The molecule has 2 fully saturated rings. The van der Waals surface area contributed by atoms with E-state index in [2.05, 4.69) is 13.0 Å². The lowest BCUT2D eigenvalue weighted by atomic mass is 9.55. The fourth-order valence-electron chi connectivity index (χ4n) is 5.78. The number of nitro groups is 1. The van der Waals surface area contributed by atoms with E-state index in [9.17, 15) is 20.3 Å². The Bertz CT molecular complexity index is 742. The summed E-state index contributed by atoms with van der Waals surface area (Å²) < 4.78 is 0. The second-order valence-corrected chi connectivity index (χ2v) is 8.89. The predicted octanol–water partition coefficient (Wildman–Crippen LogP) is 1.54. The normalized spacial score (nSPS) is 34.7. The maximum Gasteiger partial charge on any atom is 0.341 e. The van der Waals surface area contributed by atoms with Gasteiger partial charge in [-0.2, -0.15) is 0 Å². The highest BCUT2D eigenvalue weighted by Gasteiger charge is 2.54. The third-order valence-corrected chi connectivity index (χ3v) is 7.41. The minimum absolute atomic E-state index is 0.0883. The van der Waals surface area contributed by atoms with Gasteiger partial charge in [0.25, 0.3) is 0 Å². The molecule has 0 spiro atoms. The summed E-state index contributed by atoms with van der Waals surface area (Å²) in [6.07, 6.45) is 3.00. The topological polar surface area (TPSA) is 144 Å². The molecule has 0 amide bonds. The zero-order chi connectivity index (χ0) is 21.3. The Hall–Kier alpha value is -1.74. The smallest absolute Gasteiger partial charge is 0.341 e. The van der Waals surface area contributed by atoms with Crippen LogP contribution in [0.4, 0.5) is 0 Å². The lowest BCUT2D eigenvalue weighted by Crippen LogP contribution is -2.43. The summed E-state index contributed by atoms with van der Waals surface area (Å²) >= 11 is 0. The number of aliphatic hydroxyl groups is 4. The molecule has 8 nitrogen and oxygen atoms in total. The van der Waals surface area contributed by atoms with E-state index in [0.29, 0.717) is 17.6 Å². The maximum absolute atomic E-state index is 10.4. The highest BCUT2D eigenvalue weighted by Crippen LogP contribution is 2.60. The lowest BCUT2D eigenvalue weighted by Gasteiger charge is -2.50. The first-order valence-electron chi connectivity index (χ1n) is 10.3. The summed E-state index contributed by atoms with van der Waals surface area (Å²) in [6.45, 7) is 1.50. The summed E-state index contributed by atoms with van der Waals surface area (Å²) in [4.78, 5) is 8.50. The first kappa shape index (κ1) is 22.0. The molecule has 0 aromatic heterocycles. The Morgan fingerprint density at radius 2 is 1.97 bits per heavy atom. The van der Waals surface area contributed by atoms with Gasteiger partial charge in [-0.15, -0.1) is 0 Å². The number of aliphatic hydroxyl groups excluding tert-OH is 4. The molecule has 5 N–H and O–H groups in total. The molecule has 1 aromatic rings. The first-order valence-corrected chi connectivity index (χ1v) is 10.3. The van der Waals surface area contributed by atoms with Crippen molar-refractivity contribution in [1.29, 1.82) is 0 Å². The number of benzene rings is 1. The van der Waals surface area contributed by atoms with E-state index in [1.54, 1.807) is 0 Å². The van der Waals surface area contributed by atoms with Crippen molar-refractivity contribution in [3.8, 4) is 5.75 Å². The number of aryl methyl sites for hydroxylation is 1.